The van der Waals surface area contributed by atoms with Crippen LogP contribution in [-0.4, -0.2) is 34.6 Å². The molecule has 0 amide bonds. The summed E-state index contributed by atoms with van der Waals surface area (Å²) in [6, 6.07) is 14.2. The van der Waals surface area contributed by atoms with E-state index >= 15 is 0 Å². The van der Waals surface area contributed by atoms with Gasteiger partial charge in [-0.3, -0.25) is 0 Å². The molecule has 9 heteroatoms. The highest BCUT2D eigenvalue weighted by Crippen LogP contribution is 2.30. The number of aromatic nitrogens is 4. The van der Waals surface area contributed by atoms with Crippen molar-refractivity contribution in [3.63, 3.8) is 0 Å². The van der Waals surface area contributed by atoms with E-state index < -0.39 is 9.84 Å². The third kappa shape index (κ3) is 4.04. The normalized spacial score (nSPS) is 11.6. The second-order valence-electron chi connectivity index (χ2n) is 6.76. The molecule has 148 valence electrons. The minimum absolute atomic E-state index is 0.215. The number of nitrogens with one attached hydrogen (secondary N) is 3. The smallest absolute Gasteiger partial charge is 0.177 e. The zero-order valence-electron chi connectivity index (χ0n) is 16.2. The van der Waals surface area contributed by atoms with Gasteiger partial charge in [0.1, 0.15) is 23.0 Å². The number of aryl methyl sites for hydroxylation is 2. The topological polar surface area (TPSA) is 113 Å². The van der Waals surface area contributed by atoms with Crippen molar-refractivity contribution in [1.82, 2.24) is 19.9 Å². The molecule has 4 aromatic rings. The van der Waals surface area contributed by atoms with Crippen LogP contribution in [0.3, 0.4) is 0 Å². The number of hydrogen-bond donors (Lipinski definition) is 3. The number of nitrogens with zero attached hydrogens (tertiary/aromatic N) is 3. The predicted octanol–water partition coefficient (Wildman–Crippen LogP) is 3.86. The molecule has 4 rings (SSSR count). The van der Waals surface area contributed by atoms with E-state index in [1.807, 2.05) is 32.0 Å². The Morgan fingerprint density at radius 3 is 2.41 bits per heavy atom. The van der Waals surface area contributed by atoms with Gasteiger partial charge in [0.2, 0.25) is 0 Å². The number of para-hydroxylation sites is 1. The number of pyridine rings is 2. The lowest BCUT2D eigenvalue weighted by atomic mass is 10.2. The van der Waals surface area contributed by atoms with E-state index in [0.717, 1.165) is 5.69 Å². The second kappa shape index (κ2) is 7.17. The van der Waals surface area contributed by atoms with Crippen molar-refractivity contribution in [3.8, 4) is 0 Å². The number of benzene rings is 1. The zero-order chi connectivity index (χ0) is 20.6. The number of imidazole rings is 1. The molecule has 0 saturated carbocycles. The molecule has 0 radical (unpaired) electrons. The van der Waals surface area contributed by atoms with Gasteiger partial charge in [0, 0.05) is 18.0 Å². The molecule has 0 aliphatic heterocycles. The van der Waals surface area contributed by atoms with Crippen molar-refractivity contribution in [1.29, 1.82) is 0 Å². The minimum atomic E-state index is -3.40. The molecule has 0 atom stereocenters. The van der Waals surface area contributed by atoms with Crippen molar-refractivity contribution < 1.29 is 8.42 Å². The number of rotatable bonds is 5. The molecule has 8 nitrogen and oxygen atoms in total. The number of anilines is 4. The molecule has 29 heavy (non-hydrogen) atoms. The molecule has 1 aromatic carbocycles. The lowest BCUT2D eigenvalue weighted by Crippen LogP contribution is -2.04. The minimum Gasteiger partial charge on any atom is -0.352 e. The van der Waals surface area contributed by atoms with E-state index in [4.69, 9.17) is 0 Å². The molecule has 3 aromatic heterocycles. The summed E-state index contributed by atoms with van der Waals surface area (Å²) in [5, 5.41) is 6.40. The number of aromatic amines is 1. The van der Waals surface area contributed by atoms with Gasteiger partial charge in [0.25, 0.3) is 0 Å². The highest BCUT2D eigenvalue weighted by molar-refractivity contribution is 7.90. The van der Waals surface area contributed by atoms with Crippen LogP contribution in [0.2, 0.25) is 0 Å². The Morgan fingerprint density at radius 2 is 1.66 bits per heavy atom. The first kappa shape index (κ1) is 18.9. The Bertz CT molecular complexity index is 1310. The fourth-order valence-electron chi connectivity index (χ4n) is 3.05. The molecule has 0 aliphatic carbocycles. The Labute approximate surface area is 168 Å². The molecular formula is C20H20N6O2S. The fourth-order valence-corrected chi connectivity index (χ4v) is 3.89. The van der Waals surface area contributed by atoms with Gasteiger partial charge < -0.3 is 15.6 Å². The van der Waals surface area contributed by atoms with Gasteiger partial charge in [-0.2, -0.15) is 0 Å². The van der Waals surface area contributed by atoms with E-state index in [0.29, 0.717) is 40.0 Å². The lowest BCUT2D eigenvalue weighted by molar-refractivity contribution is 0.602. The van der Waals surface area contributed by atoms with Crippen LogP contribution in [0.4, 0.5) is 23.0 Å². The van der Waals surface area contributed by atoms with Crippen molar-refractivity contribution in [3.05, 3.63) is 60.0 Å². The molecule has 0 aliphatic rings. The number of fused-ring (bicyclic) bond motifs is 1. The largest absolute Gasteiger partial charge is 0.352 e. The third-order valence-corrected chi connectivity index (χ3v) is 5.43. The SMILES string of the molecule is Cc1cccc(Nc2cc(Nc3ccccc3S(C)(=O)=O)c3nc(C)[nH]c3n2)n1. The first-order valence-corrected chi connectivity index (χ1v) is 10.8. The Kier molecular flexibility index (Phi) is 4.67. The summed E-state index contributed by atoms with van der Waals surface area (Å²) in [5.74, 6) is 1.92. The van der Waals surface area contributed by atoms with Gasteiger partial charge in [0.05, 0.1) is 16.3 Å². The van der Waals surface area contributed by atoms with E-state index in [-0.39, 0.29) is 4.90 Å². The van der Waals surface area contributed by atoms with Crippen LogP contribution in [0.1, 0.15) is 11.5 Å². The van der Waals surface area contributed by atoms with Crippen molar-refractivity contribution in [2.45, 2.75) is 18.7 Å². The number of sulfone groups is 1. The van der Waals surface area contributed by atoms with Gasteiger partial charge in [-0.15, -0.1) is 0 Å². The molecule has 0 unspecified atom stereocenters. The van der Waals surface area contributed by atoms with Crippen LogP contribution in [0, 0.1) is 13.8 Å². The monoisotopic (exact) mass is 408 g/mol. The van der Waals surface area contributed by atoms with Crippen LogP contribution in [0.25, 0.3) is 11.2 Å². The molecule has 3 N–H and O–H groups in total. The first-order chi connectivity index (χ1) is 13.8. The van der Waals surface area contributed by atoms with E-state index in [1.165, 1.54) is 6.26 Å². The lowest BCUT2D eigenvalue weighted by Gasteiger charge is -2.13. The average molecular weight is 408 g/mol. The highest BCUT2D eigenvalue weighted by atomic mass is 32.2. The maximum Gasteiger partial charge on any atom is 0.177 e. The summed E-state index contributed by atoms with van der Waals surface area (Å²) in [7, 11) is -3.40. The van der Waals surface area contributed by atoms with E-state index in [9.17, 15) is 8.42 Å². The fraction of sp³-hybridized carbons (Fsp3) is 0.150. The summed E-state index contributed by atoms with van der Waals surface area (Å²) in [4.78, 5) is 16.8. The molecule has 0 bridgehead atoms. The Morgan fingerprint density at radius 1 is 0.862 bits per heavy atom. The highest BCUT2D eigenvalue weighted by Gasteiger charge is 2.16. The summed E-state index contributed by atoms with van der Waals surface area (Å²) in [6.07, 6.45) is 1.19. The van der Waals surface area contributed by atoms with Gasteiger partial charge >= 0.3 is 0 Å². The number of H-pyrrole nitrogens is 1. The quantitative estimate of drug-likeness (QED) is 0.459. The van der Waals surface area contributed by atoms with Crippen molar-refractivity contribution in [2.24, 2.45) is 0 Å². The summed E-state index contributed by atoms with van der Waals surface area (Å²) < 4.78 is 24.3. The maximum absolute atomic E-state index is 12.2. The molecular weight excluding hydrogens is 388 g/mol. The van der Waals surface area contributed by atoms with Crippen molar-refractivity contribution >= 4 is 44.0 Å². The second-order valence-corrected chi connectivity index (χ2v) is 8.74. The third-order valence-electron chi connectivity index (χ3n) is 4.27. The van der Waals surface area contributed by atoms with Crippen molar-refractivity contribution in [2.75, 3.05) is 16.9 Å². The van der Waals surface area contributed by atoms with Gasteiger partial charge in [0.15, 0.2) is 15.5 Å². The van der Waals surface area contributed by atoms with Gasteiger partial charge in [-0.05, 0) is 38.1 Å². The number of hydrogen-bond acceptors (Lipinski definition) is 7. The van der Waals surface area contributed by atoms with Gasteiger partial charge in [-0.1, -0.05) is 18.2 Å². The Hall–Kier alpha value is -3.46. The van der Waals surface area contributed by atoms with Gasteiger partial charge in [-0.25, -0.2) is 23.4 Å². The van der Waals surface area contributed by atoms with Crippen LogP contribution in [0.5, 0.6) is 0 Å². The maximum atomic E-state index is 12.2. The summed E-state index contributed by atoms with van der Waals surface area (Å²) in [5.41, 5.74) is 3.19. The molecule has 0 saturated heterocycles. The summed E-state index contributed by atoms with van der Waals surface area (Å²) in [6.45, 7) is 3.75. The van der Waals surface area contributed by atoms with Crippen LogP contribution in [-0.2, 0) is 9.84 Å². The van der Waals surface area contributed by atoms with Crippen LogP contribution < -0.4 is 10.6 Å². The predicted molar refractivity (Wildman–Crippen MR) is 114 cm³/mol. The molecule has 0 fully saturated rings. The molecule has 3 heterocycles. The average Bonchev–Trinajstić information content (AvgIpc) is 3.02. The van der Waals surface area contributed by atoms with E-state index in [1.54, 1.807) is 30.3 Å². The Balaban J connectivity index is 1.80. The van der Waals surface area contributed by atoms with E-state index in [2.05, 4.69) is 30.6 Å². The zero-order valence-corrected chi connectivity index (χ0v) is 17.0. The summed E-state index contributed by atoms with van der Waals surface area (Å²) >= 11 is 0. The molecule has 0 spiro atoms. The van der Waals surface area contributed by atoms with Crippen LogP contribution >= 0.6 is 0 Å². The first-order valence-electron chi connectivity index (χ1n) is 8.94. The van der Waals surface area contributed by atoms with Crippen LogP contribution in [0.15, 0.2) is 53.4 Å². The standard InChI is InChI=1S/C20H20N6O2S/c1-12-7-6-10-17(21-12)25-18-11-15(19-20(26-18)23-13(2)22-19)24-14-8-4-5-9-16(14)29(3,27)28/h4-11H,1-3H3,(H3,21,22,23,24,25,26).